The van der Waals surface area contributed by atoms with Gasteiger partial charge >= 0.3 is 5.97 Å². The molecule has 0 spiro atoms. The summed E-state index contributed by atoms with van der Waals surface area (Å²) in [6.07, 6.45) is -6.53. The molecule has 0 aliphatic carbocycles. The number of rotatable bonds is 5. The maximum Gasteiger partial charge on any atom is 0.309 e. The highest BCUT2D eigenvalue weighted by Crippen LogP contribution is 2.44. The van der Waals surface area contributed by atoms with Crippen molar-refractivity contribution in [3.63, 3.8) is 0 Å². The Labute approximate surface area is 171 Å². The van der Waals surface area contributed by atoms with Crippen LogP contribution in [-0.2, 0) is 4.74 Å². The van der Waals surface area contributed by atoms with E-state index < -0.39 is 53.6 Å². The van der Waals surface area contributed by atoms with Gasteiger partial charge in [0.15, 0.2) is 17.5 Å². The van der Waals surface area contributed by atoms with E-state index in [4.69, 9.17) is 0 Å². The van der Waals surface area contributed by atoms with Gasteiger partial charge in [-0.15, -0.1) is 0 Å². The predicted octanol–water partition coefficient (Wildman–Crippen LogP) is -0.679. The van der Waals surface area contributed by atoms with Crippen LogP contribution in [0.15, 0.2) is 66.4 Å². The zero-order valence-electron chi connectivity index (χ0n) is 15.7. The van der Waals surface area contributed by atoms with E-state index in [1.807, 2.05) is 0 Å². The molecule has 9 nitrogen and oxygen atoms in total. The van der Waals surface area contributed by atoms with Crippen molar-refractivity contribution in [1.82, 2.24) is 0 Å². The zero-order chi connectivity index (χ0) is 22.1. The van der Waals surface area contributed by atoms with Crippen LogP contribution in [0.1, 0.15) is 15.9 Å². The predicted molar refractivity (Wildman–Crippen MR) is 103 cm³/mol. The van der Waals surface area contributed by atoms with Gasteiger partial charge in [-0.25, -0.2) is 0 Å². The fourth-order valence-corrected chi connectivity index (χ4v) is 3.51. The molecular formula is C21H22O9. The maximum atomic E-state index is 12.9. The molecule has 2 aromatic carbocycles. The van der Waals surface area contributed by atoms with Crippen LogP contribution in [0.5, 0.6) is 0 Å². The van der Waals surface area contributed by atoms with Crippen molar-refractivity contribution in [2.45, 2.75) is 29.9 Å². The van der Waals surface area contributed by atoms with E-state index >= 15 is 0 Å². The number of ketones is 1. The molecule has 1 saturated heterocycles. The summed E-state index contributed by atoms with van der Waals surface area (Å²) in [4.78, 5) is 12.9. The number of hydrogen-bond acceptors (Lipinski definition) is 9. The lowest BCUT2D eigenvalue weighted by Crippen LogP contribution is -2.72. The van der Waals surface area contributed by atoms with Gasteiger partial charge in [0.25, 0.3) is 0 Å². The molecule has 2 aromatic rings. The van der Waals surface area contributed by atoms with Crippen LogP contribution < -0.4 is 0 Å². The van der Waals surface area contributed by atoms with Gasteiger partial charge in [-0.1, -0.05) is 60.7 Å². The van der Waals surface area contributed by atoms with E-state index in [0.717, 1.165) is 0 Å². The van der Waals surface area contributed by atoms with E-state index in [2.05, 4.69) is 4.74 Å². The van der Waals surface area contributed by atoms with Crippen molar-refractivity contribution < 1.29 is 45.3 Å². The summed E-state index contributed by atoms with van der Waals surface area (Å²) in [7, 11) is 0. The Morgan fingerprint density at radius 3 is 1.90 bits per heavy atom. The van der Waals surface area contributed by atoms with Gasteiger partial charge < -0.3 is 40.5 Å². The first-order chi connectivity index (χ1) is 14.1. The third-order valence-electron chi connectivity index (χ3n) is 5.03. The number of allylic oxidation sites excluding steroid dienone is 1. The number of carbonyl (C=O) groups is 1. The van der Waals surface area contributed by atoms with Gasteiger partial charge in [0.05, 0.1) is 6.61 Å². The quantitative estimate of drug-likeness (QED) is 0.144. The van der Waals surface area contributed by atoms with Gasteiger partial charge in [-0.2, -0.15) is 0 Å². The van der Waals surface area contributed by atoms with Crippen LogP contribution in [0, 0.1) is 0 Å². The van der Waals surface area contributed by atoms with Crippen molar-refractivity contribution in [3.8, 4) is 0 Å². The Bertz CT molecular complexity index is 926. The Morgan fingerprint density at radius 1 is 0.900 bits per heavy atom. The highest BCUT2D eigenvalue weighted by molar-refractivity contribution is 6.12. The molecule has 0 bridgehead atoms. The SMILES string of the molecule is O=C(/C(O)=C(\c1ccccc1)[C@]1(O)[C@@H](O)[C@@H](CO)OC(O)(O)[C@@H]1O)c1ccccc1. The Hall–Kier alpha value is -2.63. The second-order valence-electron chi connectivity index (χ2n) is 6.96. The van der Waals surface area contributed by atoms with Crippen LogP contribution in [0.3, 0.4) is 0 Å². The van der Waals surface area contributed by atoms with E-state index in [-0.39, 0.29) is 11.1 Å². The molecule has 1 aliphatic heterocycles. The number of aliphatic hydroxyl groups is 7. The van der Waals surface area contributed by atoms with Gasteiger partial charge in [0.1, 0.15) is 12.2 Å². The fraction of sp³-hybridized carbons (Fsp3) is 0.286. The van der Waals surface area contributed by atoms with Crippen molar-refractivity contribution >= 4 is 11.4 Å². The summed E-state index contributed by atoms with van der Waals surface area (Å²) in [5.41, 5.74) is -3.62. The molecule has 0 amide bonds. The molecular weight excluding hydrogens is 396 g/mol. The molecule has 0 aromatic heterocycles. The first-order valence-electron chi connectivity index (χ1n) is 9.05. The monoisotopic (exact) mass is 418 g/mol. The van der Waals surface area contributed by atoms with Gasteiger partial charge in [-0.05, 0) is 5.56 Å². The lowest BCUT2D eigenvalue weighted by Gasteiger charge is -2.50. The van der Waals surface area contributed by atoms with E-state index in [1.165, 1.54) is 36.4 Å². The Balaban J connectivity index is 2.28. The summed E-state index contributed by atoms with van der Waals surface area (Å²) >= 11 is 0. The third kappa shape index (κ3) is 3.64. The lowest BCUT2D eigenvalue weighted by atomic mass is 9.73. The molecule has 1 heterocycles. The smallest absolute Gasteiger partial charge is 0.309 e. The van der Waals surface area contributed by atoms with Crippen LogP contribution in [0.25, 0.3) is 5.57 Å². The second-order valence-corrected chi connectivity index (χ2v) is 6.96. The van der Waals surface area contributed by atoms with Crippen LogP contribution in [0.4, 0.5) is 0 Å². The number of ether oxygens (including phenoxy) is 1. The number of carbonyl (C=O) groups excluding carboxylic acids is 1. The fourth-order valence-electron chi connectivity index (χ4n) is 3.51. The molecule has 160 valence electrons. The normalized spacial score (nSPS) is 29.2. The van der Waals surface area contributed by atoms with Gasteiger partial charge in [0, 0.05) is 11.1 Å². The maximum absolute atomic E-state index is 12.9. The summed E-state index contributed by atoms with van der Waals surface area (Å²) in [6.45, 7) is -0.964. The number of Topliss-reactive ketones (excluding diaryl/α,β-unsaturated/α-hetero) is 1. The molecule has 0 radical (unpaired) electrons. The molecule has 4 atom stereocenters. The molecule has 0 unspecified atom stereocenters. The minimum atomic E-state index is -3.41. The van der Waals surface area contributed by atoms with Crippen molar-refractivity contribution in [3.05, 3.63) is 77.5 Å². The molecule has 30 heavy (non-hydrogen) atoms. The van der Waals surface area contributed by atoms with Crippen LogP contribution in [-0.4, -0.2) is 78.0 Å². The number of benzene rings is 2. The first-order valence-corrected chi connectivity index (χ1v) is 9.05. The highest BCUT2D eigenvalue weighted by Gasteiger charge is 2.64. The van der Waals surface area contributed by atoms with Gasteiger partial charge in [0.2, 0.25) is 5.78 Å². The molecule has 7 N–H and O–H groups in total. The molecule has 0 saturated carbocycles. The van der Waals surface area contributed by atoms with Crippen LogP contribution >= 0.6 is 0 Å². The topological polar surface area (TPSA) is 168 Å². The minimum Gasteiger partial charge on any atom is -0.504 e. The minimum absolute atomic E-state index is 0.00858. The third-order valence-corrected chi connectivity index (χ3v) is 5.03. The average Bonchev–Trinajstić information content (AvgIpc) is 2.76. The van der Waals surface area contributed by atoms with E-state index in [9.17, 15) is 40.5 Å². The summed E-state index contributed by atoms with van der Waals surface area (Å²) < 4.78 is 4.67. The lowest BCUT2D eigenvalue weighted by molar-refractivity contribution is -0.444. The molecule has 9 heteroatoms. The van der Waals surface area contributed by atoms with Crippen molar-refractivity contribution in [2.75, 3.05) is 6.61 Å². The number of hydrogen-bond donors (Lipinski definition) is 7. The largest absolute Gasteiger partial charge is 0.504 e. The summed E-state index contributed by atoms with van der Waals surface area (Å²) in [5.74, 6) is -5.39. The Kier molecular flexibility index (Phi) is 6.06. The van der Waals surface area contributed by atoms with E-state index in [0.29, 0.717) is 0 Å². The standard InChI is InChI=1S/C21H22O9/c22-11-14-18(25)20(27,19(26)21(28,29)30-14)15(12-7-3-1-4-8-12)17(24)16(23)13-9-5-2-6-10-13/h1-10,14,18-19,22,24-29H,11H2/b17-15-/t14-,18+,19-,20+/m1/s1. The van der Waals surface area contributed by atoms with Gasteiger partial charge in [-0.3, -0.25) is 4.79 Å². The second kappa shape index (κ2) is 8.25. The average molecular weight is 418 g/mol. The highest BCUT2D eigenvalue weighted by atomic mass is 16.8. The molecule has 1 fully saturated rings. The van der Waals surface area contributed by atoms with Crippen molar-refractivity contribution in [2.24, 2.45) is 0 Å². The number of aliphatic hydroxyl groups excluding tert-OH is 4. The summed E-state index contributed by atoms with van der Waals surface area (Å²) in [5, 5.41) is 72.9. The zero-order valence-corrected chi connectivity index (χ0v) is 15.7. The summed E-state index contributed by atoms with van der Waals surface area (Å²) in [6, 6.07) is 14.9. The van der Waals surface area contributed by atoms with E-state index in [1.54, 1.807) is 24.3 Å². The molecule has 3 rings (SSSR count). The van der Waals surface area contributed by atoms with Crippen LogP contribution in [0.2, 0.25) is 0 Å². The molecule has 1 aliphatic rings. The Morgan fingerprint density at radius 2 is 1.40 bits per heavy atom. The first kappa shape index (κ1) is 22.1. The van der Waals surface area contributed by atoms with Crippen molar-refractivity contribution in [1.29, 1.82) is 0 Å².